The fourth-order valence-electron chi connectivity index (χ4n) is 2.08. The van der Waals surface area contributed by atoms with Crippen LogP contribution < -0.4 is 15.4 Å². The lowest BCUT2D eigenvalue weighted by Gasteiger charge is -2.09. The second-order valence-corrected chi connectivity index (χ2v) is 5.38. The van der Waals surface area contributed by atoms with E-state index in [1.807, 2.05) is 0 Å². The average molecular weight is 366 g/mol. The first-order chi connectivity index (χ1) is 12.3. The van der Waals surface area contributed by atoms with E-state index >= 15 is 0 Å². The number of benzene rings is 2. The molecule has 0 aliphatic rings. The van der Waals surface area contributed by atoms with Crippen LogP contribution in [0.4, 0.5) is 13.2 Å². The molecule has 2 aromatic carbocycles. The van der Waals surface area contributed by atoms with Crippen LogP contribution >= 0.6 is 0 Å². The van der Waals surface area contributed by atoms with Gasteiger partial charge in [-0.25, -0.2) is 0 Å². The van der Waals surface area contributed by atoms with Crippen molar-refractivity contribution in [2.45, 2.75) is 12.7 Å². The lowest BCUT2D eigenvalue weighted by molar-refractivity contribution is -0.137. The second kappa shape index (κ2) is 8.37. The SMILES string of the molecule is COc1ccc(C(=O)NCC(=O)NCc2ccc(C(F)(F)F)cc2)cc1. The Hall–Kier alpha value is -3.03. The molecule has 0 fully saturated rings. The van der Waals surface area contributed by atoms with Crippen LogP contribution in [0.5, 0.6) is 5.75 Å². The van der Waals surface area contributed by atoms with Gasteiger partial charge in [-0.3, -0.25) is 9.59 Å². The molecule has 2 rings (SSSR count). The Balaban J connectivity index is 1.78. The van der Waals surface area contributed by atoms with Gasteiger partial charge in [0.2, 0.25) is 5.91 Å². The maximum atomic E-state index is 12.5. The van der Waals surface area contributed by atoms with E-state index in [0.29, 0.717) is 16.9 Å². The smallest absolute Gasteiger partial charge is 0.416 e. The summed E-state index contributed by atoms with van der Waals surface area (Å²) < 4.78 is 42.4. The summed E-state index contributed by atoms with van der Waals surface area (Å²) in [7, 11) is 1.51. The van der Waals surface area contributed by atoms with E-state index in [0.717, 1.165) is 12.1 Å². The minimum atomic E-state index is -4.40. The molecule has 2 aromatic rings. The number of rotatable bonds is 6. The van der Waals surface area contributed by atoms with E-state index in [-0.39, 0.29) is 13.1 Å². The topological polar surface area (TPSA) is 67.4 Å². The van der Waals surface area contributed by atoms with Crippen molar-refractivity contribution >= 4 is 11.8 Å². The van der Waals surface area contributed by atoms with Gasteiger partial charge in [0, 0.05) is 12.1 Å². The number of methoxy groups -OCH3 is 1. The van der Waals surface area contributed by atoms with E-state index in [1.54, 1.807) is 24.3 Å². The Bertz CT molecular complexity index is 757. The van der Waals surface area contributed by atoms with E-state index in [4.69, 9.17) is 4.74 Å². The van der Waals surface area contributed by atoms with Crippen LogP contribution in [0, 0.1) is 0 Å². The van der Waals surface area contributed by atoms with Gasteiger partial charge in [0.1, 0.15) is 5.75 Å². The van der Waals surface area contributed by atoms with Crippen molar-refractivity contribution in [3.8, 4) is 5.75 Å². The zero-order valence-corrected chi connectivity index (χ0v) is 13.9. The molecular weight excluding hydrogens is 349 g/mol. The number of amides is 2. The first-order valence-corrected chi connectivity index (χ1v) is 7.64. The number of hydrogen-bond donors (Lipinski definition) is 2. The molecule has 8 heteroatoms. The summed E-state index contributed by atoms with van der Waals surface area (Å²) >= 11 is 0. The predicted molar refractivity (Wildman–Crippen MR) is 88.6 cm³/mol. The van der Waals surface area contributed by atoms with Crippen molar-refractivity contribution in [2.75, 3.05) is 13.7 Å². The van der Waals surface area contributed by atoms with Crippen molar-refractivity contribution in [2.24, 2.45) is 0 Å². The fraction of sp³-hybridized carbons (Fsp3) is 0.222. The highest BCUT2D eigenvalue weighted by molar-refractivity contribution is 5.96. The third kappa shape index (κ3) is 5.51. The van der Waals surface area contributed by atoms with Gasteiger partial charge in [-0.2, -0.15) is 13.2 Å². The summed E-state index contributed by atoms with van der Waals surface area (Å²) in [6.45, 7) is -0.180. The van der Waals surface area contributed by atoms with Gasteiger partial charge in [-0.1, -0.05) is 12.1 Å². The summed E-state index contributed by atoms with van der Waals surface area (Å²) in [6, 6.07) is 10.9. The maximum Gasteiger partial charge on any atom is 0.416 e. The molecular formula is C18H17F3N2O3. The van der Waals surface area contributed by atoms with Crippen molar-refractivity contribution in [3.05, 3.63) is 65.2 Å². The van der Waals surface area contributed by atoms with Gasteiger partial charge < -0.3 is 15.4 Å². The molecule has 0 atom stereocenters. The third-order valence-corrected chi connectivity index (χ3v) is 3.53. The van der Waals surface area contributed by atoms with Gasteiger partial charge in [0.05, 0.1) is 19.2 Å². The zero-order valence-electron chi connectivity index (χ0n) is 13.9. The normalized spacial score (nSPS) is 10.9. The first kappa shape index (κ1) is 19.3. The summed E-state index contributed by atoms with van der Waals surface area (Å²) in [5, 5.41) is 4.99. The highest BCUT2D eigenvalue weighted by Gasteiger charge is 2.29. The van der Waals surface area contributed by atoms with Gasteiger partial charge in [0.25, 0.3) is 5.91 Å². The molecule has 5 nitrogen and oxygen atoms in total. The zero-order chi connectivity index (χ0) is 19.2. The number of carbonyl (C=O) groups is 2. The molecule has 0 bridgehead atoms. The van der Waals surface area contributed by atoms with Gasteiger partial charge in [-0.15, -0.1) is 0 Å². The van der Waals surface area contributed by atoms with Gasteiger partial charge in [0.15, 0.2) is 0 Å². The van der Waals surface area contributed by atoms with Crippen LogP contribution in [0.2, 0.25) is 0 Å². The second-order valence-electron chi connectivity index (χ2n) is 5.38. The number of hydrogen-bond acceptors (Lipinski definition) is 3. The van der Waals surface area contributed by atoms with Crippen LogP contribution in [0.3, 0.4) is 0 Å². The highest BCUT2D eigenvalue weighted by Crippen LogP contribution is 2.29. The monoisotopic (exact) mass is 366 g/mol. The highest BCUT2D eigenvalue weighted by atomic mass is 19.4. The molecule has 0 heterocycles. The molecule has 0 saturated carbocycles. The summed E-state index contributed by atoms with van der Waals surface area (Å²) in [5.41, 5.74) is 0.147. The number of alkyl halides is 3. The molecule has 0 spiro atoms. The first-order valence-electron chi connectivity index (χ1n) is 7.64. The molecule has 138 valence electrons. The van der Waals surface area contributed by atoms with Crippen molar-refractivity contribution in [1.82, 2.24) is 10.6 Å². The van der Waals surface area contributed by atoms with Crippen LogP contribution in [0.25, 0.3) is 0 Å². The predicted octanol–water partition coefficient (Wildman–Crippen LogP) is 2.76. The molecule has 2 amide bonds. The summed E-state index contributed by atoms with van der Waals surface area (Å²) in [5.74, 6) is -0.264. The Morgan fingerprint density at radius 1 is 0.962 bits per heavy atom. The fourth-order valence-corrected chi connectivity index (χ4v) is 2.08. The number of ether oxygens (including phenoxy) is 1. The third-order valence-electron chi connectivity index (χ3n) is 3.53. The van der Waals surface area contributed by atoms with Gasteiger partial charge >= 0.3 is 6.18 Å². The number of carbonyl (C=O) groups excluding carboxylic acids is 2. The molecule has 0 aliphatic carbocycles. The molecule has 2 N–H and O–H groups in total. The van der Waals surface area contributed by atoms with E-state index in [9.17, 15) is 22.8 Å². The minimum Gasteiger partial charge on any atom is -0.497 e. The van der Waals surface area contributed by atoms with E-state index in [2.05, 4.69) is 10.6 Å². The number of nitrogens with one attached hydrogen (secondary N) is 2. The van der Waals surface area contributed by atoms with Crippen LogP contribution in [0.1, 0.15) is 21.5 Å². The molecule has 0 aliphatic heterocycles. The lowest BCUT2D eigenvalue weighted by atomic mass is 10.1. The van der Waals surface area contributed by atoms with Gasteiger partial charge in [-0.05, 0) is 42.0 Å². The molecule has 26 heavy (non-hydrogen) atoms. The maximum absolute atomic E-state index is 12.5. The van der Waals surface area contributed by atoms with Crippen LogP contribution in [-0.4, -0.2) is 25.5 Å². The van der Waals surface area contributed by atoms with Crippen LogP contribution in [-0.2, 0) is 17.5 Å². The molecule has 0 saturated heterocycles. The Labute approximate surface area is 148 Å². The minimum absolute atomic E-state index is 0.0649. The summed E-state index contributed by atoms with van der Waals surface area (Å²) in [4.78, 5) is 23.7. The van der Waals surface area contributed by atoms with E-state index in [1.165, 1.54) is 19.2 Å². The Morgan fingerprint density at radius 2 is 1.58 bits per heavy atom. The lowest BCUT2D eigenvalue weighted by Crippen LogP contribution is -2.36. The molecule has 0 radical (unpaired) electrons. The molecule has 0 unspecified atom stereocenters. The average Bonchev–Trinajstić information content (AvgIpc) is 2.64. The Kier molecular flexibility index (Phi) is 6.21. The molecule has 0 aromatic heterocycles. The quantitative estimate of drug-likeness (QED) is 0.826. The largest absolute Gasteiger partial charge is 0.497 e. The Morgan fingerprint density at radius 3 is 2.12 bits per heavy atom. The van der Waals surface area contributed by atoms with E-state index < -0.39 is 23.6 Å². The van der Waals surface area contributed by atoms with Crippen molar-refractivity contribution < 1.29 is 27.5 Å². The van der Waals surface area contributed by atoms with Crippen molar-refractivity contribution in [1.29, 1.82) is 0 Å². The summed E-state index contributed by atoms with van der Waals surface area (Å²) in [6.07, 6.45) is -4.40. The van der Waals surface area contributed by atoms with Crippen molar-refractivity contribution in [3.63, 3.8) is 0 Å². The van der Waals surface area contributed by atoms with Crippen LogP contribution in [0.15, 0.2) is 48.5 Å². The standard InChI is InChI=1S/C18H17F3N2O3/c1-26-15-8-4-13(5-9-15)17(25)23-11-16(24)22-10-12-2-6-14(7-3-12)18(19,20)21/h2-9H,10-11H2,1H3,(H,22,24)(H,23,25). The number of halogens is 3.